The van der Waals surface area contributed by atoms with Crippen molar-refractivity contribution < 1.29 is 9.59 Å². The van der Waals surface area contributed by atoms with E-state index < -0.39 is 17.4 Å². The molecule has 0 unspecified atom stereocenters. The minimum absolute atomic E-state index is 0.281. The SMILES string of the molecule is Cc1nc2ccccc2c(=O)n1N1C(=O)c2ccccc2C1=O. The smallest absolute Gasteiger partial charge is 0.267 e. The van der Waals surface area contributed by atoms with Crippen LogP contribution >= 0.6 is 0 Å². The molecular formula is C17H11N3O3. The van der Waals surface area contributed by atoms with E-state index in [0.717, 1.165) is 9.69 Å². The van der Waals surface area contributed by atoms with E-state index in [9.17, 15) is 14.4 Å². The zero-order valence-corrected chi connectivity index (χ0v) is 12.2. The second-order valence-corrected chi connectivity index (χ2v) is 5.26. The fourth-order valence-electron chi connectivity index (χ4n) is 2.83. The van der Waals surface area contributed by atoms with Crippen LogP contribution in [0.4, 0.5) is 0 Å². The van der Waals surface area contributed by atoms with Gasteiger partial charge in [-0.2, -0.15) is 9.69 Å². The van der Waals surface area contributed by atoms with Crippen molar-refractivity contribution in [2.24, 2.45) is 0 Å². The van der Waals surface area contributed by atoms with Gasteiger partial charge in [0.25, 0.3) is 17.4 Å². The van der Waals surface area contributed by atoms with Gasteiger partial charge >= 0.3 is 0 Å². The normalized spacial score (nSPS) is 13.7. The third-order valence-corrected chi connectivity index (χ3v) is 3.89. The average molecular weight is 305 g/mol. The van der Waals surface area contributed by atoms with Gasteiger partial charge in [0.1, 0.15) is 5.82 Å². The number of benzene rings is 2. The predicted octanol–water partition coefficient (Wildman–Crippen LogP) is 1.64. The fraction of sp³-hybridized carbons (Fsp3) is 0.0588. The summed E-state index contributed by atoms with van der Waals surface area (Å²) in [5, 5.41) is 1.22. The Kier molecular flexibility index (Phi) is 2.68. The lowest BCUT2D eigenvalue weighted by Crippen LogP contribution is -2.47. The summed E-state index contributed by atoms with van der Waals surface area (Å²) in [6.07, 6.45) is 0. The molecule has 0 bridgehead atoms. The van der Waals surface area contributed by atoms with E-state index >= 15 is 0 Å². The van der Waals surface area contributed by atoms with Crippen LogP contribution in [0, 0.1) is 6.92 Å². The number of para-hydroxylation sites is 1. The van der Waals surface area contributed by atoms with E-state index in [4.69, 9.17) is 0 Å². The molecule has 2 heterocycles. The van der Waals surface area contributed by atoms with E-state index in [1.807, 2.05) is 0 Å². The molecule has 1 aliphatic rings. The van der Waals surface area contributed by atoms with Crippen LogP contribution in [0.1, 0.15) is 26.5 Å². The minimum atomic E-state index is -0.520. The second kappa shape index (κ2) is 4.61. The third-order valence-electron chi connectivity index (χ3n) is 3.89. The molecule has 2 amide bonds. The van der Waals surface area contributed by atoms with E-state index in [2.05, 4.69) is 4.98 Å². The highest BCUT2D eigenvalue weighted by Gasteiger charge is 2.38. The molecule has 6 nitrogen and oxygen atoms in total. The van der Waals surface area contributed by atoms with Crippen LogP contribution in [-0.4, -0.2) is 21.5 Å². The maximum absolute atomic E-state index is 12.8. The summed E-state index contributed by atoms with van der Waals surface area (Å²) in [4.78, 5) is 42.2. The van der Waals surface area contributed by atoms with Gasteiger partial charge in [-0.15, -0.1) is 0 Å². The molecule has 0 aliphatic carbocycles. The molecular weight excluding hydrogens is 294 g/mol. The number of carbonyl (C=O) groups is 2. The molecule has 4 rings (SSSR count). The number of aromatic nitrogens is 2. The molecule has 0 radical (unpaired) electrons. The Labute approximate surface area is 130 Å². The van der Waals surface area contributed by atoms with E-state index in [-0.39, 0.29) is 17.0 Å². The molecule has 1 aromatic heterocycles. The predicted molar refractivity (Wildman–Crippen MR) is 84.1 cm³/mol. The van der Waals surface area contributed by atoms with Crippen molar-refractivity contribution in [1.82, 2.24) is 9.66 Å². The third kappa shape index (κ3) is 1.75. The Morgan fingerprint density at radius 3 is 2.04 bits per heavy atom. The molecule has 2 aromatic carbocycles. The summed E-state index contributed by atoms with van der Waals surface area (Å²) >= 11 is 0. The number of carbonyl (C=O) groups excluding carboxylic acids is 2. The summed E-state index contributed by atoms with van der Waals surface area (Å²) in [5.41, 5.74) is 0.666. The molecule has 0 atom stereocenters. The lowest BCUT2D eigenvalue weighted by molar-refractivity contribution is 0.0882. The van der Waals surface area contributed by atoms with Crippen LogP contribution in [0.3, 0.4) is 0 Å². The zero-order chi connectivity index (χ0) is 16.1. The summed E-state index contributed by atoms with van der Waals surface area (Å²) in [6, 6.07) is 13.3. The lowest BCUT2D eigenvalue weighted by atomic mass is 10.1. The van der Waals surface area contributed by atoms with Crippen molar-refractivity contribution in [3.8, 4) is 0 Å². The van der Waals surface area contributed by atoms with Crippen molar-refractivity contribution >= 4 is 22.7 Å². The van der Waals surface area contributed by atoms with E-state index in [0.29, 0.717) is 10.9 Å². The molecule has 23 heavy (non-hydrogen) atoms. The first kappa shape index (κ1) is 13.4. The first-order chi connectivity index (χ1) is 11.1. The first-order valence-corrected chi connectivity index (χ1v) is 7.06. The molecule has 0 spiro atoms. The topological polar surface area (TPSA) is 72.3 Å². The molecule has 0 N–H and O–H groups in total. The van der Waals surface area contributed by atoms with Gasteiger partial charge in [-0.05, 0) is 31.2 Å². The number of imide groups is 1. The Bertz CT molecular complexity index is 1020. The number of aryl methyl sites for hydroxylation is 1. The Morgan fingerprint density at radius 1 is 0.826 bits per heavy atom. The van der Waals surface area contributed by atoms with Crippen LogP contribution in [0.2, 0.25) is 0 Å². The Hall–Kier alpha value is -3.28. The van der Waals surface area contributed by atoms with Crippen molar-refractivity contribution in [2.75, 3.05) is 5.01 Å². The Morgan fingerprint density at radius 2 is 1.39 bits per heavy atom. The first-order valence-electron chi connectivity index (χ1n) is 7.06. The molecule has 6 heteroatoms. The summed E-state index contributed by atoms with van der Waals surface area (Å²) in [7, 11) is 0. The largest absolute Gasteiger partial charge is 0.281 e. The number of fused-ring (bicyclic) bond motifs is 2. The number of rotatable bonds is 1. The van der Waals surface area contributed by atoms with Gasteiger partial charge in [-0.3, -0.25) is 14.4 Å². The molecule has 0 saturated heterocycles. The quantitative estimate of drug-likeness (QED) is 0.641. The number of hydrogen-bond acceptors (Lipinski definition) is 4. The highest BCUT2D eigenvalue weighted by Crippen LogP contribution is 2.21. The van der Waals surface area contributed by atoms with Crippen molar-refractivity contribution in [1.29, 1.82) is 0 Å². The number of hydrogen-bond donors (Lipinski definition) is 0. The minimum Gasteiger partial charge on any atom is -0.267 e. The molecule has 1 aliphatic heterocycles. The summed E-state index contributed by atoms with van der Waals surface area (Å²) in [5.74, 6) is -0.760. The number of amides is 2. The molecule has 0 fully saturated rings. The second-order valence-electron chi connectivity index (χ2n) is 5.26. The van der Waals surface area contributed by atoms with Crippen LogP contribution < -0.4 is 10.6 Å². The highest BCUT2D eigenvalue weighted by atomic mass is 16.2. The summed E-state index contributed by atoms with van der Waals surface area (Å²) in [6.45, 7) is 1.59. The molecule has 3 aromatic rings. The summed E-state index contributed by atoms with van der Waals surface area (Å²) < 4.78 is 1.05. The van der Waals surface area contributed by atoms with Crippen LogP contribution in [0.5, 0.6) is 0 Å². The van der Waals surface area contributed by atoms with Crippen LogP contribution in [0.15, 0.2) is 53.3 Å². The monoisotopic (exact) mass is 305 g/mol. The maximum atomic E-state index is 12.8. The van der Waals surface area contributed by atoms with Gasteiger partial charge in [0.15, 0.2) is 0 Å². The van der Waals surface area contributed by atoms with Crippen molar-refractivity contribution in [3.05, 3.63) is 75.8 Å². The van der Waals surface area contributed by atoms with Gasteiger partial charge in [-0.1, -0.05) is 24.3 Å². The maximum Gasteiger partial charge on any atom is 0.281 e. The van der Waals surface area contributed by atoms with Crippen LogP contribution in [0.25, 0.3) is 10.9 Å². The van der Waals surface area contributed by atoms with Gasteiger partial charge < -0.3 is 0 Å². The zero-order valence-electron chi connectivity index (χ0n) is 12.2. The van der Waals surface area contributed by atoms with E-state index in [1.165, 1.54) is 0 Å². The fourth-order valence-corrected chi connectivity index (χ4v) is 2.83. The van der Waals surface area contributed by atoms with Crippen molar-refractivity contribution in [2.45, 2.75) is 6.92 Å². The lowest BCUT2D eigenvalue weighted by Gasteiger charge is -2.19. The van der Waals surface area contributed by atoms with Crippen molar-refractivity contribution in [3.63, 3.8) is 0 Å². The number of nitrogens with zero attached hydrogens (tertiary/aromatic N) is 3. The van der Waals surface area contributed by atoms with Gasteiger partial charge in [0, 0.05) is 0 Å². The highest BCUT2D eigenvalue weighted by molar-refractivity contribution is 6.30. The van der Waals surface area contributed by atoms with E-state index in [1.54, 1.807) is 55.5 Å². The van der Waals surface area contributed by atoms with Gasteiger partial charge in [0.05, 0.1) is 22.0 Å². The molecule has 0 saturated carbocycles. The molecule has 112 valence electrons. The Balaban J connectivity index is 2.00. The average Bonchev–Trinajstić information content (AvgIpc) is 2.81. The van der Waals surface area contributed by atoms with Crippen LogP contribution in [-0.2, 0) is 0 Å². The van der Waals surface area contributed by atoms with Gasteiger partial charge in [0.2, 0.25) is 0 Å². The standard InChI is InChI=1S/C17H11N3O3/c1-10-18-14-9-5-4-8-13(14)17(23)19(10)20-15(21)11-6-2-3-7-12(11)16(20)22/h2-9H,1H3. The van der Waals surface area contributed by atoms with Gasteiger partial charge in [-0.25, -0.2) is 4.98 Å².